The minimum Gasteiger partial charge on any atom is -0.462 e. The minimum atomic E-state index is -4.98. The van der Waals surface area contributed by atoms with Crippen LogP contribution in [0.25, 0.3) is 0 Å². The Kier molecular flexibility index (Phi) is 67.4. The van der Waals surface area contributed by atoms with Gasteiger partial charge in [0.25, 0.3) is 0 Å². The van der Waals surface area contributed by atoms with E-state index in [2.05, 4.69) is 88.5 Å². The first-order valence-corrected chi connectivity index (χ1v) is 41.2. The Morgan fingerprint density at radius 2 is 0.562 bits per heavy atom. The maximum absolute atomic E-state index is 13.1. The Bertz CT molecular complexity index is 2110. The van der Waals surface area contributed by atoms with Crippen molar-refractivity contribution in [1.29, 1.82) is 0 Å². The molecule has 0 aromatic heterocycles. The number of rotatable bonds is 72. The Hall–Kier alpha value is -3.50. The van der Waals surface area contributed by atoms with Gasteiger partial charge < -0.3 is 33.8 Å². The van der Waals surface area contributed by atoms with Crippen molar-refractivity contribution in [2.45, 2.75) is 354 Å². The fourth-order valence-corrected chi connectivity index (χ4v) is 11.9. The first-order valence-electron chi connectivity index (χ1n) is 38.2. The van der Waals surface area contributed by atoms with Gasteiger partial charge in [0.05, 0.1) is 26.4 Å². The Labute approximate surface area is 583 Å². The summed E-state index contributed by atoms with van der Waals surface area (Å²) in [6, 6.07) is 0. The number of ether oxygens (including phenoxy) is 4. The van der Waals surface area contributed by atoms with Crippen molar-refractivity contribution < 1.29 is 80.2 Å². The molecule has 0 aromatic rings. The van der Waals surface area contributed by atoms with Crippen LogP contribution >= 0.6 is 15.6 Å². The van der Waals surface area contributed by atoms with Crippen molar-refractivity contribution in [1.82, 2.24) is 0 Å². The second kappa shape index (κ2) is 70.0. The molecule has 0 saturated heterocycles. The molecule has 0 aliphatic carbocycles. The van der Waals surface area contributed by atoms with Gasteiger partial charge in [0.1, 0.15) is 19.3 Å². The summed E-state index contributed by atoms with van der Waals surface area (Å²) in [6.45, 7) is 4.69. The second-order valence-corrected chi connectivity index (χ2v) is 28.5. The standard InChI is InChI=1S/C77H138O17P2/c1-5-9-13-17-21-25-29-32-34-35-37-39-43-46-50-54-58-62-75(80)88-68-73(94-77(82)64-60-56-52-48-44-40-36-33-30-26-22-18-14-10-6-2)70-92-96(85,86)90-66-71(78)65-89-95(83,84)91-69-72(93-76(81)63-59-55-51-47-41-28-24-20-16-12-8-4)67-87-74(79)61-57-53-49-45-42-38-31-27-23-19-15-11-7-3/h9,13,20-21,24-25,32,34,37,39,46,50,71-73,78H,5-8,10-12,14-19,22-23,26-31,33,35-36,38,40-45,47-49,51-70H2,1-4H3,(H,83,84)(H,85,86)/b13-9-,24-20-,25-21-,34-32-,39-37-,50-46-. The maximum atomic E-state index is 13.1. The van der Waals surface area contributed by atoms with Gasteiger partial charge in [0, 0.05) is 25.7 Å². The molecule has 0 aromatic carbocycles. The van der Waals surface area contributed by atoms with E-state index in [1.54, 1.807) is 0 Å². The molecule has 0 aliphatic rings. The largest absolute Gasteiger partial charge is 0.472 e. The molecule has 5 unspecified atom stereocenters. The number of aliphatic hydroxyl groups excluding tert-OH is 1. The van der Waals surface area contributed by atoms with Crippen LogP contribution in [0.4, 0.5) is 0 Å². The molecule has 0 aliphatic heterocycles. The third-order valence-electron chi connectivity index (χ3n) is 16.2. The molecule has 0 heterocycles. The summed E-state index contributed by atoms with van der Waals surface area (Å²) in [5, 5.41) is 10.6. The quantitative estimate of drug-likeness (QED) is 0.0169. The summed E-state index contributed by atoms with van der Waals surface area (Å²) in [4.78, 5) is 72.7. The SMILES string of the molecule is CC/C=C\C/C=C\C/C=C\C/C=C\C/C=C\CCCC(=O)OCC(COP(=O)(O)OCC(O)COP(=O)(O)OCC(COC(=O)CCCCCCCCCCCCCCC)OC(=O)CCCCCCC/C=C\CCCC)OC(=O)CCCCCCCCCCCCCCCCC. The summed E-state index contributed by atoms with van der Waals surface area (Å²) in [5.41, 5.74) is 0. The van der Waals surface area contributed by atoms with Crippen molar-refractivity contribution in [3.05, 3.63) is 72.9 Å². The van der Waals surface area contributed by atoms with Crippen LogP contribution in [0, 0.1) is 0 Å². The third kappa shape index (κ3) is 69.0. The van der Waals surface area contributed by atoms with Crippen LogP contribution in [0.2, 0.25) is 0 Å². The zero-order valence-electron chi connectivity index (χ0n) is 60.8. The molecule has 96 heavy (non-hydrogen) atoms. The lowest BCUT2D eigenvalue weighted by Crippen LogP contribution is -2.30. The topological polar surface area (TPSA) is 237 Å². The van der Waals surface area contributed by atoms with E-state index in [4.69, 9.17) is 37.0 Å². The van der Waals surface area contributed by atoms with Gasteiger partial charge in [0.2, 0.25) is 0 Å². The van der Waals surface area contributed by atoms with Crippen molar-refractivity contribution in [2.75, 3.05) is 39.6 Å². The average Bonchev–Trinajstić information content (AvgIpc) is 2.18. The number of phosphoric acid groups is 2. The first-order chi connectivity index (χ1) is 46.7. The number of allylic oxidation sites excluding steroid dienone is 12. The molecule has 558 valence electrons. The number of esters is 4. The van der Waals surface area contributed by atoms with E-state index in [0.717, 1.165) is 116 Å². The van der Waals surface area contributed by atoms with Crippen molar-refractivity contribution in [3.8, 4) is 0 Å². The van der Waals surface area contributed by atoms with Crippen LogP contribution in [0.15, 0.2) is 72.9 Å². The normalized spacial score (nSPS) is 14.4. The lowest BCUT2D eigenvalue weighted by atomic mass is 10.0. The van der Waals surface area contributed by atoms with Gasteiger partial charge in [-0.15, -0.1) is 0 Å². The van der Waals surface area contributed by atoms with Gasteiger partial charge in [0.15, 0.2) is 12.2 Å². The van der Waals surface area contributed by atoms with Gasteiger partial charge in [-0.2, -0.15) is 0 Å². The van der Waals surface area contributed by atoms with E-state index < -0.39 is 97.5 Å². The fraction of sp³-hybridized carbons (Fsp3) is 0.792. The first kappa shape index (κ1) is 92.5. The predicted octanol–water partition coefficient (Wildman–Crippen LogP) is 21.7. The van der Waals surface area contributed by atoms with Crippen LogP contribution in [-0.4, -0.2) is 96.7 Å². The smallest absolute Gasteiger partial charge is 0.462 e. The summed E-state index contributed by atoms with van der Waals surface area (Å²) in [5.74, 6) is -2.22. The molecule has 3 N–H and O–H groups in total. The van der Waals surface area contributed by atoms with Crippen LogP contribution in [0.3, 0.4) is 0 Å². The summed E-state index contributed by atoms with van der Waals surface area (Å²) < 4.78 is 68.4. The van der Waals surface area contributed by atoms with Gasteiger partial charge in [-0.1, -0.05) is 300 Å². The number of hydrogen-bond donors (Lipinski definition) is 3. The highest BCUT2D eigenvalue weighted by Gasteiger charge is 2.30. The Morgan fingerprint density at radius 3 is 0.917 bits per heavy atom. The van der Waals surface area contributed by atoms with E-state index in [0.29, 0.717) is 32.1 Å². The van der Waals surface area contributed by atoms with Gasteiger partial charge in [-0.05, 0) is 83.5 Å². The molecule has 0 spiro atoms. The van der Waals surface area contributed by atoms with E-state index >= 15 is 0 Å². The lowest BCUT2D eigenvalue weighted by Gasteiger charge is -2.21. The van der Waals surface area contributed by atoms with Crippen LogP contribution < -0.4 is 0 Å². The zero-order chi connectivity index (χ0) is 70.4. The number of unbranched alkanes of at least 4 members (excludes halogenated alkanes) is 34. The summed E-state index contributed by atoms with van der Waals surface area (Å²) in [7, 11) is -9.95. The summed E-state index contributed by atoms with van der Waals surface area (Å²) >= 11 is 0. The van der Waals surface area contributed by atoms with E-state index in [1.165, 1.54) is 135 Å². The number of carbonyl (C=O) groups is 4. The minimum absolute atomic E-state index is 0.0869. The van der Waals surface area contributed by atoms with E-state index in [9.17, 15) is 43.2 Å². The number of phosphoric ester groups is 2. The maximum Gasteiger partial charge on any atom is 0.472 e. The van der Waals surface area contributed by atoms with Crippen molar-refractivity contribution in [2.24, 2.45) is 0 Å². The Balaban J connectivity index is 5.35. The predicted molar refractivity (Wildman–Crippen MR) is 390 cm³/mol. The summed E-state index contributed by atoms with van der Waals surface area (Å²) in [6.07, 6.45) is 69.0. The van der Waals surface area contributed by atoms with Gasteiger partial charge in [-0.3, -0.25) is 37.3 Å². The molecule has 0 fully saturated rings. The molecule has 19 heteroatoms. The highest BCUT2D eigenvalue weighted by Crippen LogP contribution is 2.45. The van der Waals surface area contributed by atoms with Crippen LogP contribution in [0.5, 0.6) is 0 Å². The Morgan fingerprint density at radius 1 is 0.302 bits per heavy atom. The van der Waals surface area contributed by atoms with Crippen molar-refractivity contribution >= 4 is 39.5 Å². The molecule has 0 radical (unpaired) electrons. The van der Waals surface area contributed by atoms with Crippen LogP contribution in [0.1, 0.15) is 336 Å². The van der Waals surface area contributed by atoms with Crippen LogP contribution in [-0.2, 0) is 65.4 Å². The zero-order valence-corrected chi connectivity index (χ0v) is 62.6. The van der Waals surface area contributed by atoms with Gasteiger partial charge >= 0.3 is 39.5 Å². The third-order valence-corrected chi connectivity index (χ3v) is 18.1. The molecule has 0 rings (SSSR count). The monoisotopic (exact) mass is 1400 g/mol. The van der Waals surface area contributed by atoms with E-state index in [1.807, 2.05) is 12.2 Å². The van der Waals surface area contributed by atoms with Crippen molar-refractivity contribution in [3.63, 3.8) is 0 Å². The highest BCUT2D eigenvalue weighted by atomic mass is 31.2. The molecule has 17 nitrogen and oxygen atoms in total. The number of hydrogen-bond acceptors (Lipinski definition) is 15. The fourth-order valence-electron chi connectivity index (χ4n) is 10.4. The number of aliphatic hydroxyl groups is 1. The molecule has 0 saturated carbocycles. The molecule has 0 bridgehead atoms. The highest BCUT2D eigenvalue weighted by molar-refractivity contribution is 7.47. The second-order valence-electron chi connectivity index (χ2n) is 25.6. The lowest BCUT2D eigenvalue weighted by molar-refractivity contribution is -0.161. The number of carbonyl (C=O) groups excluding carboxylic acids is 4. The molecular weight excluding hydrogens is 1260 g/mol. The molecule has 5 atom stereocenters. The molecular formula is C77H138O17P2. The van der Waals surface area contributed by atoms with Gasteiger partial charge in [-0.25, -0.2) is 9.13 Å². The van der Waals surface area contributed by atoms with E-state index in [-0.39, 0.29) is 25.7 Å². The average molecular weight is 1400 g/mol. The molecule has 0 amide bonds.